The van der Waals surface area contributed by atoms with E-state index in [0.29, 0.717) is 30.0 Å². The first-order valence-corrected chi connectivity index (χ1v) is 9.52. The van der Waals surface area contributed by atoms with Gasteiger partial charge in [0.15, 0.2) is 11.5 Å². The quantitative estimate of drug-likeness (QED) is 0.790. The van der Waals surface area contributed by atoms with Gasteiger partial charge in [-0.15, -0.1) is 0 Å². The predicted octanol–water partition coefficient (Wildman–Crippen LogP) is 3.02. The summed E-state index contributed by atoms with van der Waals surface area (Å²) in [5.41, 5.74) is 1.05. The van der Waals surface area contributed by atoms with Gasteiger partial charge in [0.25, 0.3) is 0 Å². The fourth-order valence-electron chi connectivity index (χ4n) is 2.95. The van der Waals surface area contributed by atoms with Crippen molar-refractivity contribution < 1.29 is 13.9 Å². The molecular formula is C15H17ClN4O3S. The van der Waals surface area contributed by atoms with E-state index in [1.54, 1.807) is 17.4 Å². The van der Waals surface area contributed by atoms with Gasteiger partial charge in [-0.3, -0.25) is 18.3 Å². The third-order valence-corrected chi connectivity index (χ3v) is 6.81. The lowest BCUT2D eigenvalue weighted by atomic mass is 10.1. The number of hydrogen-bond acceptors (Lipinski definition) is 6. The lowest BCUT2D eigenvalue weighted by Gasteiger charge is -2.47. The molecule has 3 heterocycles. The molecule has 24 heavy (non-hydrogen) atoms. The van der Waals surface area contributed by atoms with Crippen LogP contribution in [0.5, 0.6) is 0 Å². The van der Waals surface area contributed by atoms with Gasteiger partial charge in [0.1, 0.15) is 23.7 Å². The average molecular weight is 369 g/mol. The minimum absolute atomic E-state index is 0.161. The number of ketones is 1. The van der Waals surface area contributed by atoms with Gasteiger partial charge in [0.2, 0.25) is 0 Å². The monoisotopic (exact) mass is 368 g/mol. The summed E-state index contributed by atoms with van der Waals surface area (Å²) in [5, 5.41) is 9.17. The fourth-order valence-corrected chi connectivity index (χ4v) is 4.55. The Bertz CT molecular complexity index is 874. The van der Waals surface area contributed by atoms with E-state index in [9.17, 15) is 19.2 Å². The first-order chi connectivity index (χ1) is 11.3. The van der Waals surface area contributed by atoms with Crippen molar-refractivity contribution in [3.63, 3.8) is 0 Å². The number of nitriles is 1. The molecule has 1 saturated heterocycles. The summed E-state index contributed by atoms with van der Waals surface area (Å²) < 4.78 is 21.7. The van der Waals surface area contributed by atoms with Crippen molar-refractivity contribution in [2.24, 2.45) is 0 Å². The largest absolute Gasteiger partial charge is 0.354 e. The number of aromatic nitrogens is 2. The maximum Gasteiger partial charge on any atom is 0.167 e. The van der Waals surface area contributed by atoms with Gasteiger partial charge in [-0.25, -0.2) is 4.98 Å². The molecule has 0 saturated carbocycles. The molecule has 1 atom stereocenters. The summed E-state index contributed by atoms with van der Waals surface area (Å²) in [5.74, 6) is 0.651. The highest BCUT2D eigenvalue weighted by Crippen LogP contribution is 2.47. The van der Waals surface area contributed by atoms with E-state index in [4.69, 9.17) is 11.6 Å². The second-order valence-corrected chi connectivity index (χ2v) is 8.94. The highest BCUT2D eigenvalue weighted by molar-refractivity contribution is 8.24. The fraction of sp³-hybridized carbons (Fsp3) is 0.400. The summed E-state index contributed by atoms with van der Waals surface area (Å²) in [7, 11) is -2.63. The molecule has 2 N–H and O–H groups in total. The molecule has 1 aliphatic heterocycles. The minimum Gasteiger partial charge on any atom is -0.354 e. The Morgan fingerprint density at radius 3 is 2.83 bits per heavy atom. The standard InChI is InChI=1S/C15H17ClN4O3S/c1-9-7-19(3-4-24(9,22)23)15-11(10(2)21)5-12(16)14-13(6-17)18-8-20(14)15/h5,8-9,22-23H,3-4,7H2,1-2H3. The van der Waals surface area contributed by atoms with E-state index in [0.717, 1.165) is 0 Å². The van der Waals surface area contributed by atoms with Gasteiger partial charge >= 0.3 is 0 Å². The molecule has 2 aromatic heterocycles. The van der Waals surface area contributed by atoms with E-state index < -0.39 is 10.6 Å². The van der Waals surface area contributed by atoms with Crippen LogP contribution in [0, 0.1) is 11.3 Å². The maximum atomic E-state index is 12.1. The first kappa shape index (κ1) is 17.0. The number of hydrogen-bond donors (Lipinski definition) is 2. The van der Waals surface area contributed by atoms with Crippen LogP contribution in [0.2, 0.25) is 5.02 Å². The Morgan fingerprint density at radius 1 is 1.54 bits per heavy atom. The van der Waals surface area contributed by atoms with E-state index >= 15 is 0 Å². The SMILES string of the molecule is CC(=O)c1cc(Cl)c2c(C#N)ncn2c1N1CCS(O)(O)C(C)C1. The number of rotatable bonds is 2. The van der Waals surface area contributed by atoms with Crippen molar-refractivity contribution in [1.82, 2.24) is 9.38 Å². The Morgan fingerprint density at radius 2 is 2.25 bits per heavy atom. The summed E-state index contributed by atoms with van der Waals surface area (Å²) in [6.45, 7) is 4.00. The predicted molar refractivity (Wildman–Crippen MR) is 94.3 cm³/mol. The zero-order valence-electron chi connectivity index (χ0n) is 13.2. The maximum absolute atomic E-state index is 12.1. The molecule has 7 nitrogen and oxygen atoms in total. The number of Topliss-reactive ketones (excluding diaryl/α,β-unsaturated/α-hetero) is 1. The molecule has 0 amide bonds. The Balaban J connectivity index is 2.21. The van der Waals surface area contributed by atoms with Crippen LogP contribution in [0.25, 0.3) is 5.52 Å². The number of carbonyl (C=O) groups excluding carboxylic acids is 1. The van der Waals surface area contributed by atoms with Crippen LogP contribution in [-0.2, 0) is 0 Å². The molecule has 1 unspecified atom stereocenters. The zero-order chi connectivity index (χ0) is 17.6. The van der Waals surface area contributed by atoms with E-state index in [-0.39, 0.29) is 27.5 Å². The van der Waals surface area contributed by atoms with Gasteiger partial charge < -0.3 is 4.90 Å². The number of carbonyl (C=O) groups is 1. The smallest absolute Gasteiger partial charge is 0.167 e. The van der Waals surface area contributed by atoms with Crippen LogP contribution in [0.3, 0.4) is 0 Å². The van der Waals surface area contributed by atoms with Crippen molar-refractivity contribution in [2.75, 3.05) is 23.7 Å². The highest BCUT2D eigenvalue weighted by atomic mass is 35.5. The molecule has 9 heteroatoms. The lowest BCUT2D eigenvalue weighted by molar-refractivity contribution is 0.101. The van der Waals surface area contributed by atoms with E-state index in [1.165, 1.54) is 13.3 Å². The molecule has 1 fully saturated rings. The third-order valence-electron chi connectivity index (χ3n) is 4.30. The molecular weight excluding hydrogens is 352 g/mol. The van der Waals surface area contributed by atoms with Gasteiger partial charge in [0.05, 0.1) is 21.6 Å². The Kier molecular flexibility index (Phi) is 4.21. The second-order valence-electron chi connectivity index (χ2n) is 5.89. The van der Waals surface area contributed by atoms with Gasteiger partial charge in [-0.2, -0.15) is 15.9 Å². The third kappa shape index (κ3) is 2.63. The highest BCUT2D eigenvalue weighted by Gasteiger charge is 2.32. The number of anilines is 1. The number of pyridine rings is 1. The number of halogens is 1. The molecule has 1 aliphatic rings. The number of nitrogens with zero attached hydrogens (tertiary/aromatic N) is 4. The Hall–Kier alpha value is -1.79. The topological polar surface area (TPSA) is 102 Å². The molecule has 3 rings (SSSR count). The van der Waals surface area contributed by atoms with Crippen molar-refractivity contribution >= 4 is 39.3 Å². The van der Waals surface area contributed by atoms with Gasteiger partial charge in [-0.1, -0.05) is 11.6 Å². The van der Waals surface area contributed by atoms with Crippen LogP contribution in [0.4, 0.5) is 5.82 Å². The van der Waals surface area contributed by atoms with Gasteiger partial charge in [-0.05, 0) is 19.9 Å². The summed E-state index contributed by atoms with van der Waals surface area (Å²) in [6.07, 6.45) is 1.47. The van der Waals surface area contributed by atoms with Crippen molar-refractivity contribution in [3.8, 4) is 6.07 Å². The molecule has 0 radical (unpaired) electrons. The number of imidazole rings is 1. The molecule has 0 spiro atoms. The summed E-state index contributed by atoms with van der Waals surface area (Å²) in [6, 6.07) is 3.55. The molecule has 2 aromatic rings. The van der Waals surface area contributed by atoms with Crippen LogP contribution >= 0.6 is 22.2 Å². The van der Waals surface area contributed by atoms with Gasteiger partial charge in [0, 0.05) is 13.1 Å². The van der Waals surface area contributed by atoms with E-state index in [1.807, 2.05) is 11.0 Å². The molecule has 128 valence electrons. The minimum atomic E-state index is -2.63. The molecule has 0 bridgehead atoms. The Labute approximate surface area is 145 Å². The average Bonchev–Trinajstić information content (AvgIpc) is 2.94. The summed E-state index contributed by atoms with van der Waals surface area (Å²) >= 11 is 6.26. The second kappa shape index (κ2) is 5.93. The number of fused-ring (bicyclic) bond motifs is 1. The van der Waals surface area contributed by atoms with Crippen LogP contribution in [0.15, 0.2) is 12.4 Å². The zero-order valence-corrected chi connectivity index (χ0v) is 14.8. The van der Waals surface area contributed by atoms with Crippen molar-refractivity contribution in [3.05, 3.63) is 28.7 Å². The van der Waals surface area contributed by atoms with E-state index in [2.05, 4.69) is 4.98 Å². The van der Waals surface area contributed by atoms with Crippen LogP contribution < -0.4 is 4.90 Å². The lowest BCUT2D eigenvalue weighted by Crippen LogP contribution is -2.44. The first-order valence-electron chi connectivity index (χ1n) is 7.36. The van der Waals surface area contributed by atoms with Crippen LogP contribution in [0.1, 0.15) is 29.9 Å². The normalized spacial score (nSPS) is 21.5. The van der Waals surface area contributed by atoms with Crippen LogP contribution in [-0.4, -0.2) is 48.4 Å². The summed E-state index contributed by atoms with van der Waals surface area (Å²) in [4.78, 5) is 18.1. The van der Waals surface area contributed by atoms with Crippen molar-refractivity contribution in [1.29, 1.82) is 5.26 Å². The van der Waals surface area contributed by atoms with Crippen molar-refractivity contribution in [2.45, 2.75) is 19.1 Å². The molecule has 0 aromatic carbocycles. The molecule has 0 aliphatic carbocycles.